The second kappa shape index (κ2) is 43.8. The Morgan fingerprint density at radius 1 is 0.597 bits per heavy atom. The standard InChI is InChI=1S/C94H120N12O18.2CN.Co/c1-21-58-51(3)66-43-67-53(5)60(25-30-77(108)109)72(98-67)46-73-61(54(6)69(99-73)45-71-59(22-2)52(4)68(97-71)44-70(58)96-66)26-31-82(114)124-41-40-123-39-38-106-50-57(104-105-106)24-23-37-95-76(107)48-92(12)62(27-32-78(110)117-15)74-47-75-90(9,10)63(28-33-79(111)118-16)85(101-75)55(7)87-91(11,36-35-81(113)120-18)65(42-83(115)121-19)89(102-87)94(14)93(13,49-84(116)122-20)64(29-34-80(112)119-17)86(103-94)56(8)88(92)100-74;2*1-2;/h21-22,43-47,50,62-65,89H,1-2,23-42,48-49H2,3-20H3,(H5,95,96,97,98,99,100,101,102,103,104,105,107,108,109);;;/q;2*-1;+3/p-1/t62-,63-,64-,65+,89?,91-,92+,93+,94+;;;/m1.../s1. The Labute approximate surface area is 763 Å². The van der Waals surface area contributed by atoms with Crippen molar-refractivity contribution in [1.29, 1.82) is 10.5 Å². The summed E-state index contributed by atoms with van der Waals surface area (Å²) in [6.07, 6.45) is 8.60. The van der Waals surface area contributed by atoms with Gasteiger partial charge in [0.2, 0.25) is 5.91 Å². The van der Waals surface area contributed by atoms with Crippen molar-refractivity contribution in [3.05, 3.63) is 153 Å². The van der Waals surface area contributed by atoms with Crippen LogP contribution in [0.4, 0.5) is 0 Å². The minimum Gasteiger partial charge on any atom is -0.682 e. The van der Waals surface area contributed by atoms with E-state index in [1.54, 1.807) is 17.0 Å². The number of fused-ring (bicyclic) bond motifs is 14. The Morgan fingerprint density at radius 2 is 1.18 bits per heavy atom. The predicted octanol–water partition coefficient (Wildman–Crippen LogP) is 14.7. The van der Waals surface area contributed by atoms with Crippen LogP contribution in [-0.2, 0) is 117 Å². The van der Waals surface area contributed by atoms with Gasteiger partial charge in [-0.05, 0) is 186 Å². The molecule has 9 atom stereocenters. The van der Waals surface area contributed by atoms with Gasteiger partial charge in [-0.2, -0.15) is 5.70 Å². The van der Waals surface area contributed by atoms with Crippen molar-refractivity contribution in [1.82, 2.24) is 40.2 Å². The molecule has 4 aromatic rings. The maximum absolute atomic E-state index is 15.1. The van der Waals surface area contributed by atoms with Gasteiger partial charge in [0.15, 0.2) is 0 Å². The van der Waals surface area contributed by atoms with E-state index in [2.05, 4.69) is 38.8 Å². The van der Waals surface area contributed by atoms with Gasteiger partial charge in [-0.15, -0.1) is 5.10 Å². The van der Waals surface area contributed by atoms with Crippen LogP contribution >= 0.6 is 0 Å². The van der Waals surface area contributed by atoms with Crippen LogP contribution in [0.25, 0.3) is 55.8 Å². The van der Waals surface area contributed by atoms with E-state index in [-0.39, 0.29) is 139 Å². The third kappa shape index (κ3) is 21.6. The zero-order valence-corrected chi connectivity index (χ0v) is 78.2. The van der Waals surface area contributed by atoms with Crippen molar-refractivity contribution in [2.45, 2.75) is 210 Å². The van der Waals surface area contributed by atoms with Crippen LogP contribution in [0.2, 0.25) is 0 Å². The molecular weight excluding hydrogens is 1700 g/mol. The number of aliphatic carboxylic acids is 1. The molecule has 1 amide bonds. The number of carbonyl (C=O) groups excluding carboxylic acids is 8. The number of carboxylic acid groups (broad SMARTS) is 1. The molecule has 0 radical (unpaired) electrons. The summed E-state index contributed by atoms with van der Waals surface area (Å²) in [7, 11) is 7.85. The quantitative estimate of drug-likeness (QED) is 0.0142. The van der Waals surface area contributed by atoms with Crippen LogP contribution in [0.5, 0.6) is 0 Å². The molecule has 0 aromatic carbocycles. The minimum absolute atomic E-state index is 0. The number of aliphatic imine (C=N–C) groups is 3. The number of rotatable bonds is 36. The van der Waals surface area contributed by atoms with Crippen LogP contribution in [-0.4, -0.2) is 191 Å². The molecule has 1 fully saturated rings. The van der Waals surface area contributed by atoms with Crippen molar-refractivity contribution in [2.24, 2.45) is 60.3 Å². The van der Waals surface area contributed by atoms with Crippen LogP contribution in [0.1, 0.15) is 216 Å². The van der Waals surface area contributed by atoms with Gasteiger partial charge in [0.05, 0.1) is 109 Å². The van der Waals surface area contributed by atoms with E-state index in [0.29, 0.717) is 99.5 Å². The van der Waals surface area contributed by atoms with Gasteiger partial charge in [0.1, 0.15) is 6.61 Å². The second-order valence-electron chi connectivity index (χ2n) is 34.7. The number of hydrogen-bond acceptors (Lipinski definition) is 26. The number of nitrogens with one attached hydrogen (secondary N) is 3. The first-order valence-electron chi connectivity index (χ1n) is 42.9. The molecule has 0 saturated carbocycles. The summed E-state index contributed by atoms with van der Waals surface area (Å²) in [6.45, 7) is 42.2. The van der Waals surface area contributed by atoms with Crippen LogP contribution in [0.15, 0.2) is 99.0 Å². The third-order valence-electron chi connectivity index (χ3n) is 27.2. The van der Waals surface area contributed by atoms with Crippen LogP contribution < -0.4 is 5.32 Å². The Balaban J connectivity index is 0.00000405. The van der Waals surface area contributed by atoms with Crippen molar-refractivity contribution in [3.8, 4) is 0 Å². The number of aryl methyl sites for hydroxylation is 4. The first kappa shape index (κ1) is 102. The van der Waals surface area contributed by atoms with Crippen LogP contribution in [0, 0.1) is 82.8 Å². The molecule has 33 heteroatoms. The molecule has 129 heavy (non-hydrogen) atoms. The molecule has 0 aliphatic carbocycles. The molecule has 11 heterocycles. The Hall–Kier alpha value is -12.1. The number of aromatic amines is 2. The van der Waals surface area contributed by atoms with E-state index in [1.165, 1.54) is 42.7 Å². The van der Waals surface area contributed by atoms with Gasteiger partial charge in [-0.25, -0.2) is 14.6 Å². The van der Waals surface area contributed by atoms with Gasteiger partial charge in [-0.1, -0.05) is 71.2 Å². The maximum Gasteiger partial charge on any atom is 3.00 e. The largest absolute Gasteiger partial charge is 3.00 e. The molecule has 1 unspecified atom stereocenters. The average Bonchev–Trinajstić information content (AvgIpc) is 1.52. The summed E-state index contributed by atoms with van der Waals surface area (Å²) >= 11 is 0. The van der Waals surface area contributed by atoms with Crippen molar-refractivity contribution >= 4 is 121 Å². The van der Waals surface area contributed by atoms with Gasteiger partial charge >= 0.3 is 64.5 Å². The Morgan fingerprint density at radius 3 is 1.81 bits per heavy atom. The fraction of sp³-hybridized carbons (Fsp3) is 0.521. The molecule has 4 aromatic heterocycles. The smallest absolute Gasteiger partial charge is 0.682 e. The number of nitrogens with zero attached hydrogens (tertiary/aromatic N) is 11. The summed E-state index contributed by atoms with van der Waals surface area (Å²) in [5, 5.41) is 40.0. The number of esters is 7. The first-order valence-corrected chi connectivity index (χ1v) is 42.9. The fourth-order valence-electron chi connectivity index (χ4n) is 19.6. The first-order chi connectivity index (χ1) is 60.9. The normalized spacial score (nSPS) is 23.7. The van der Waals surface area contributed by atoms with Gasteiger partial charge in [0.25, 0.3) is 0 Å². The summed E-state index contributed by atoms with van der Waals surface area (Å²) in [5.74, 6) is -7.44. The van der Waals surface area contributed by atoms with Gasteiger partial charge in [0, 0.05) is 154 Å². The number of H-pyrrole nitrogens is 2. The van der Waals surface area contributed by atoms with Crippen molar-refractivity contribution in [2.75, 3.05) is 69.0 Å². The molecule has 7 aliphatic rings. The average molecular weight is 1820 g/mol. The Kier molecular flexibility index (Phi) is 34.8. The summed E-state index contributed by atoms with van der Waals surface area (Å²) < 4.78 is 45.4. The van der Waals surface area contributed by atoms with E-state index < -0.39 is 105 Å². The van der Waals surface area contributed by atoms with E-state index in [9.17, 15) is 43.5 Å². The number of hydrogen-bond donors (Lipinski definition) is 4. The summed E-state index contributed by atoms with van der Waals surface area (Å²) in [4.78, 5) is 157. The molecule has 16 bridgehead atoms. The van der Waals surface area contributed by atoms with Crippen molar-refractivity contribution < 1.29 is 103 Å². The molecule has 4 N–H and O–H groups in total. The fourth-order valence-corrected chi connectivity index (χ4v) is 19.6. The molecule has 690 valence electrons. The predicted molar refractivity (Wildman–Crippen MR) is 480 cm³/mol. The number of carbonyl (C=O) groups is 9. The molecule has 0 spiro atoms. The second-order valence-corrected chi connectivity index (χ2v) is 34.7. The minimum atomic E-state index is -1.46. The number of allylic oxidation sites excluding steroid dienone is 11. The number of carboxylic acids is 1. The summed E-state index contributed by atoms with van der Waals surface area (Å²) in [6, 6.07) is 6.94. The number of amides is 1. The van der Waals surface area contributed by atoms with E-state index in [4.69, 9.17) is 91.8 Å². The van der Waals surface area contributed by atoms with Gasteiger partial charge in [-0.3, -0.25) is 58.1 Å². The summed E-state index contributed by atoms with van der Waals surface area (Å²) in [5.41, 5.74) is 12.1. The zero-order chi connectivity index (χ0) is 94.2. The number of ether oxygens (including phenoxy) is 8. The number of aromatic nitrogens is 7. The molecule has 1 saturated heterocycles. The van der Waals surface area contributed by atoms with E-state index in [0.717, 1.165) is 66.8 Å². The zero-order valence-electron chi connectivity index (χ0n) is 77.1. The maximum atomic E-state index is 15.1. The van der Waals surface area contributed by atoms with Gasteiger partial charge < -0.3 is 87.3 Å². The van der Waals surface area contributed by atoms with Crippen LogP contribution in [0.3, 0.4) is 0 Å². The van der Waals surface area contributed by atoms with E-state index in [1.807, 2.05) is 120 Å². The number of methoxy groups -OCH3 is 6. The monoisotopic (exact) mass is 1810 g/mol. The molecular formula is C96H119CoN14O18. The van der Waals surface area contributed by atoms with E-state index >= 15 is 4.79 Å². The van der Waals surface area contributed by atoms with Crippen molar-refractivity contribution in [3.63, 3.8) is 0 Å². The third-order valence-corrected chi connectivity index (χ3v) is 27.2. The molecule has 7 aliphatic heterocycles. The molecule has 11 rings (SSSR count). The Bertz CT molecular complexity index is 5530. The SMILES string of the molecule is C=CC1=C(C)c2cc3[nH]c(cc4nc(cc5[nH]c(cc1n2)c(C)c5CCC(=O)OCCOCCn1cc(CCCNC(=O)C[C@]2(C)/C5=C(\C)C6=N[C@@](C)(C7[N-]/C(=C(/C)C8=N/C(=C\C(=N5)[C@H]2CCC(=O)OC)C(C)(C)[C@@H]8CCC(=O)OC)[C@](C)(CCC(=O)OC)[C@H]7CC(=O)OC)[C@@](C)(CC(=O)OC)[C@@H]6CCC(=O)OC)nn1)C(CCC(=O)O)=C4C)c(C)c3C=C.[C-]#N.[C-]#N.[Co+3]. The topological polar surface area (TPSA) is 447 Å². The molecule has 32 nitrogen and oxygen atoms in total.